The summed E-state index contributed by atoms with van der Waals surface area (Å²) < 4.78 is 0. The summed E-state index contributed by atoms with van der Waals surface area (Å²) in [7, 11) is 0. The van der Waals surface area contributed by atoms with E-state index in [0.29, 0.717) is 5.78 Å². The first-order valence-corrected chi connectivity index (χ1v) is 7.99. The van der Waals surface area contributed by atoms with Crippen molar-refractivity contribution in [3.63, 3.8) is 0 Å². The molecule has 0 saturated heterocycles. The Balaban J connectivity index is 2.09. The van der Waals surface area contributed by atoms with Crippen LogP contribution < -0.4 is 4.90 Å². The Hall–Kier alpha value is -1.31. The summed E-state index contributed by atoms with van der Waals surface area (Å²) in [5.41, 5.74) is 2.58. The maximum absolute atomic E-state index is 12.2. The highest BCUT2D eigenvalue weighted by molar-refractivity contribution is 5.82. The number of ketones is 1. The zero-order chi connectivity index (χ0) is 14.5. The smallest absolute Gasteiger partial charge is 0.137 e. The lowest BCUT2D eigenvalue weighted by Gasteiger charge is -2.33. The second kappa shape index (κ2) is 6.92. The number of anilines is 1. The lowest BCUT2D eigenvalue weighted by Crippen LogP contribution is -2.37. The van der Waals surface area contributed by atoms with Gasteiger partial charge < -0.3 is 4.90 Å². The van der Waals surface area contributed by atoms with E-state index in [0.717, 1.165) is 38.3 Å². The first-order valence-electron chi connectivity index (χ1n) is 7.99. The molecule has 0 N–H and O–H groups in total. The number of hydrogen-bond acceptors (Lipinski definition) is 2. The summed E-state index contributed by atoms with van der Waals surface area (Å²) in [5.74, 6) is 1.45. The molecular formula is C18H27NO. The van der Waals surface area contributed by atoms with E-state index >= 15 is 0 Å². The molecule has 2 nitrogen and oxygen atoms in total. The molecule has 2 unspecified atom stereocenters. The Morgan fingerprint density at radius 1 is 1.25 bits per heavy atom. The first kappa shape index (κ1) is 15.1. The average Bonchev–Trinajstić information content (AvgIpc) is 2.47. The zero-order valence-corrected chi connectivity index (χ0v) is 13.1. The zero-order valence-electron chi connectivity index (χ0n) is 13.1. The van der Waals surface area contributed by atoms with Gasteiger partial charge >= 0.3 is 0 Å². The molecule has 0 radical (unpaired) electrons. The van der Waals surface area contributed by atoms with E-state index in [9.17, 15) is 4.79 Å². The third-order valence-electron chi connectivity index (χ3n) is 4.73. The van der Waals surface area contributed by atoms with Gasteiger partial charge in [0, 0.05) is 31.1 Å². The second-order valence-corrected chi connectivity index (χ2v) is 6.04. The van der Waals surface area contributed by atoms with E-state index in [4.69, 9.17) is 0 Å². The molecule has 0 aliphatic heterocycles. The normalized spacial score (nSPS) is 22.9. The van der Waals surface area contributed by atoms with Crippen molar-refractivity contribution < 1.29 is 4.79 Å². The van der Waals surface area contributed by atoms with Crippen molar-refractivity contribution in [3.05, 3.63) is 29.8 Å². The lowest BCUT2D eigenvalue weighted by atomic mass is 9.79. The fourth-order valence-corrected chi connectivity index (χ4v) is 3.33. The SMILES string of the molecule is CCC1CCC(=O)C(CN(CC)c2ccccc2C)C1. The molecule has 110 valence electrons. The molecule has 0 spiro atoms. The van der Waals surface area contributed by atoms with Crippen LogP contribution in [0.5, 0.6) is 0 Å². The average molecular weight is 273 g/mol. The Morgan fingerprint density at radius 2 is 2.00 bits per heavy atom. The van der Waals surface area contributed by atoms with Gasteiger partial charge in [0.2, 0.25) is 0 Å². The predicted molar refractivity (Wildman–Crippen MR) is 85.2 cm³/mol. The maximum Gasteiger partial charge on any atom is 0.137 e. The van der Waals surface area contributed by atoms with Crippen molar-refractivity contribution in [1.82, 2.24) is 0 Å². The van der Waals surface area contributed by atoms with E-state index < -0.39 is 0 Å². The van der Waals surface area contributed by atoms with Gasteiger partial charge in [-0.1, -0.05) is 31.5 Å². The van der Waals surface area contributed by atoms with E-state index in [-0.39, 0.29) is 5.92 Å². The fraction of sp³-hybridized carbons (Fsp3) is 0.611. The summed E-state index contributed by atoms with van der Waals surface area (Å²) in [6.07, 6.45) is 4.18. The Bertz CT molecular complexity index is 454. The molecule has 1 aromatic carbocycles. The molecular weight excluding hydrogens is 246 g/mol. The third-order valence-corrected chi connectivity index (χ3v) is 4.73. The molecule has 1 aliphatic carbocycles. The molecule has 2 heteroatoms. The van der Waals surface area contributed by atoms with Crippen LogP contribution >= 0.6 is 0 Å². The molecule has 0 amide bonds. The Kier molecular flexibility index (Phi) is 5.22. The minimum absolute atomic E-state index is 0.230. The molecule has 0 aromatic heterocycles. The van der Waals surface area contributed by atoms with Gasteiger partial charge in [0.25, 0.3) is 0 Å². The van der Waals surface area contributed by atoms with Gasteiger partial charge in [-0.05, 0) is 44.2 Å². The number of para-hydroxylation sites is 1. The lowest BCUT2D eigenvalue weighted by molar-refractivity contribution is -0.125. The molecule has 1 aromatic rings. The molecule has 0 heterocycles. The van der Waals surface area contributed by atoms with Crippen molar-refractivity contribution in [2.45, 2.75) is 46.5 Å². The molecule has 1 aliphatic rings. The highest BCUT2D eigenvalue weighted by atomic mass is 16.1. The fourth-order valence-electron chi connectivity index (χ4n) is 3.33. The van der Waals surface area contributed by atoms with E-state index in [1.165, 1.54) is 17.7 Å². The number of aryl methyl sites for hydroxylation is 1. The Labute approximate surface area is 123 Å². The summed E-state index contributed by atoms with van der Waals surface area (Å²) in [6.45, 7) is 8.42. The van der Waals surface area contributed by atoms with Gasteiger partial charge in [-0.25, -0.2) is 0 Å². The monoisotopic (exact) mass is 273 g/mol. The van der Waals surface area contributed by atoms with Crippen LogP contribution in [0.2, 0.25) is 0 Å². The summed E-state index contributed by atoms with van der Waals surface area (Å²) in [6, 6.07) is 8.48. The van der Waals surface area contributed by atoms with E-state index in [1.807, 2.05) is 0 Å². The van der Waals surface area contributed by atoms with E-state index in [1.54, 1.807) is 0 Å². The van der Waals surface area contributed by atoms with Crippen LogP contribution in [0.3, 0.4) is 0 Å². The molecule has 1 saturated carbocycles. The summed E-state index contributed by atoms with van der Waals surface area (Å²) >= 11 is 0. The van der Waals surface area contributed by atoms with Crippen LogP contribution in [-0.4, -0.2) is 18.9 Å². The Morgan fingerprint density at radius 3 is 2.65 bits per heavy atom. The van der Waals surface area contributed by atoms with Crippen LogP contribution in [0.15, 0.2) is 24.3 Å². The molecule has 20 heavy (non-hydrogen) atoms. The second-order valence-electron chi connectivity index (χ2n) is 6.04. The number of hydrogen-bond donors (Lipinski definition) is 0. The third kappa shape index (κ3) is 3.41. The molecule has 0 bridgehead atoms. The molecule has 2 atom stereocenters. The van der Waals surface area contributed by atoms with Crippen LogP contribution in [0.25, 0.3) is 0 Å². The summed E-state index contributed by atoms with van der Waals surface area (Å²) in [5, 5.41) is 0. The summed E-state index contributed by atoms with van der Waals surface area (Å²) in [4.78, 5) is 14.6. The number of benzene rings is 1. The minimum Gasteiger partial charge on any atom is -0.371 e. The van der Waals surface area contributed by atoms with Gasteiger partial charge in [0.15, 0.2) is 0 Å². The largest absolute Gasteiger partial charge is 0.371 e. The number of carbonyl (C=O) groups is 1. The van der Waals surface area contributed by atoms with Crippen LogP contribution in [0.1, 0.15) is 45.1 Å². The number of nitrogens with zero attached hydrogens (tertiary/aromatic N) is 1. The van der Waals surface area contributed by atoms with Crippen molar-refractivity contribution in [2.24, 2.45) is 11.8 Å². The number of Topliss-reactive ketones (excluding diaryl/α,β-unsaturated/α-hetero) is 1. The van der Waals surface area contributed by atoms with Crippen LogP contribution in [-0.2, 0) is 4.79 Å². The van der Waals surface area contributed by atoms with Crippen molar-refractivity contribution in [2.75, 3.05) is 18.0 Å². The predicted octanol–water partition coefficient (Wildman–Crippen LogP) is 4.22. The van der Waals surface area contributed by atoms with Crippen molar-refractivity contribution >= 4 is 11.5 Å². The van der Waals surface area contributed by atoms with Crippen molar-refractivity contribution in [1.29, 1.82) is 0 Å². The van der Waals surface area contributed by atoms with Crippen molar-refractivity contribution in [3.8, 4) is 0 Å². The number of carbonyl (C=O) groups excluding carboxylic acids is 1. The van der Waals surface area contributed by atoms with Gasteiger partial charge in [0.1, 0.15) is 5.78 Å². The van der Waals surface area contributed by atoms with Gasteiger partial charge in [-0.15, -0.1) is 0 Å². The first-order chi connectivity index (χ1) is 9.65. The topological polar surface area (TPSA) is 20.3 Å². The van der Waals surface area contributed by atoms with Crippen LogP contribution in [0, 0.1) is 18.8 Å². The maximum atomic E-state index is 12.2. The molecule has 1 fully saturated rings. The molecule has 2 rings (SSSR count). The van der Waals surface area contributed by atoms with Gasteiger partial charge in [-0.3, -0.25) is 4.79 Å². The van der Waals surface area contributed by atoms with Gasteiger partial charge in [-0.2, -0.15) is 0 Å². The minimum atomic E-state index is 0.230. The quantitative estimate of drug-likeness (QED) is 0.800. The highest BCUT2D eigenvalue weighted by Crippen LogP contribution is 2.30. The van der Waals surface area contributed by atoms with Crippen LogP contribution in [0.4, 0.5) is 5.69 Å². The standard InChI is InChI=1S/C18H27NO/c1-4-15-10-11-18(20)16(12-15)13-19(5-2)17-9-7-6-8-14(17)3/h6-9,15-16H,4-5,10-13H2,1-3H3. The number of rotatable bonds is 5. The van der Waals surface area contributed by atoms with E-state index in [2.05, 4.69) is 49.9 Å². The highest BCUT2D eigenvalue weighted by Gasteiger charge is 2.29. The van der Waals surface area contributed by atoms with Gasteiger partial charge in [0.05, 0.1) is 0 Å².